The number of nitrogens with zero attached hydrogens (tertiary/aromatic N) is 1. The average Bonchev–Trinajstić information content (AvgIpc) is 2.96. The molecule has 1 aliphatic carbocycles. The van der Waals surface area contributed by atoms with Gasteiger partial charge in [-0.3, -0.25) is 19.3 Å². The Morgan fingerprint density at radius 3 is 2.21 bits per heavy atom. The van der Waals surface area contributed by atoms with E-state index in [-0.39, 0.29) is 35.4 Å². The molecular weight excluding hydrogens is 372 g/mol. The molecule has 1 unspecified atom stereocenters. The summed E-state index contributed by atoms with van der Waals surface area (Å²) in [5, 5.41) is 2.89. The predicted molar refractivity (Wildman–Crippen MR) is 106 cm³/mol. The van der Waals surface area contributed by atoms with Crippen molar-refractivity contribution in [1.29, 1.82) is 0 Å². The third kappa shape index (κ3) is 4.83. The first-order valence-corrected chi connectivity index (χ1v) is 10.3. The number of hydrogen-bond acceptors (Lipinski definition) is 5. The van der Waals surface area contributed by atoms with Crippen molar-refractivity contribution in [2.45, 2.75) is 64.5 Å². The van der Waals surface area contributed by atoms with Gasteiger partial charge in [-0.05, 0) is 37.3 Å². The Morgan fingerprint density at radius 2 is 1.66 bits per heavy atom. The van der Waals surface area contributed by atoms with Crippen LogP contribution < -0.4 is 5.32 Å². The summed E-state index contributed by atoms with van der Waals surface area (Å²) in [5.74, 6) is -2.03. The van der Waals surface area contributed by atoms with Gasteiger partial charge >= 0.3 is 5.97 Å². The Kier molecular flexibility index (Phi) is 6.67. The lowest BCUT2D eigenvalue weighted by atomic mass is 9.95. The second-order valence-electron chi connectivity index (χ2n) is 8.18. The summed E-state index contributed by atoms with van der Waals surface area (Å²) in [6.07, 6.45) is 5.49. The number of benzene rings is 1. The molecule has 156 valence electrons. The number of carbonyl (C=O) groups excluding carboxylic acids is 4. The maximum Gasteiger partial charge on any atom is 0.329 e. The van der Waals surface area contributed by atoms with E-state index in [2.05, 4.69) is 5.32 Å². The highest BCUT2D eigenvalue weighted by Crippen LogP contribution is 2.27. The molecule has 2 aliphatic rings. The van der Waals surface area contributed by atoms with Gasteiger partial charge in [-0.15, -0.1) is 0 Å². The van der Waals surface area contributed by atoms with Crippen LogP contribution >= 0.6 is 0 Å². The average molecular weight is 400 g/mol. The smallest absolute Gasteiger partial charge is 0.329 e. The van der Waals surface area contributed by atoms with Gasteiger partial charge in [0.2, 0.25) is 0 Å². The highest BCUT2D eigenvalue weighted by molar-refractivity contribution is 6.22. The van der Waals surface area contributed by atoms with Gasteiger partial charge in [0.25, 0.3) is 17.7 Å². The minimum atomic E-state index is -1.05. The summed E-state index contributed by atoms with van der Waals surface area (Å²) in [4.78, 5) is 51.4. The molecule has 1 aliphatic heterocycles. The van der Waals surface area contributed by atoms with Crippen LogP contribution in [0.25, 0.3) is 0 Å². The Morgan fingerprint density at radius 1 is 1.07 bits per heavy atom. The number of rotatable bonds is 7. The van der Waals surface area contributed by atoms with E-state index in [0.29, 0.717) is 0 Å². The molecule has 0 radical (unpaired) electrons. The number of esters is 1. The molecule has 3 rings (SSSR count). The van der Waals surface area contributed by atoms with Crippen LogP contribution in [0.1, 0.15) is 73.1 Å². The van der Waals surface area contributed by atoms with Crippen LogP contribution in [0, 0.1) is 5.92 Å². The molecule has 0 saturated heterocycles. The molecule has 1 heterocycles. The van der Waals surface area contributed by atoms with Crippen LogP contribution in [0.2, 0.25) is 0 Å². The second-order valence-corrected chi connectivity index (χ2v) is 8.18. The number of carbonyl (C=O) groups is 4. The lowest BCUT2D eigenvalue weighted by Gasteiger charge is -2.26. The SMILES string of the molecule is CC(C)CC(C(=O)OCC(=O)NC1CCCCC1)N1C(=O)c2ccccc2C1=O. The molecule has 1 N–H and O–H groups in total. The van der Waals surface area contributed by atoms with E-state index in [1.807, 2.05) is 13.8 Å². The summed E-state index contributed by atoms with van der Waals surface area (Å²) in [5.41, 5.74) is 0.572. The molecule has 3 amide bonds. The fraction of sp³-hybridized carbons (Fsp3) is 0.545. The molecule has 0 aromatic heterocycles. The zero-order chi connectivity index (χ0) is 21.0. The van der Waals surface area contributed by atoms with Crippen LogP contribution in [-0.4, -0.2) is 47.3 Å². The van der Waals surface area contributed by atoms with Crippen molar-refractivity contribution >= 4 is 23.7 Å². The number of amides is 3. The van der Waals surface area contributed by atoms with Crippen LogP contribution in [-0.2, 0) is 14.3 Å². The number of hydrogen-bond donors (Lipinski definition) is 1. The lowest BCUT2D eigenvalue weighted by molar-refractivity contribution is -0.153. The van der Waals surface area contributed by atoms with Gasteiger partial charge in [0, 0.05) is 6.04 Å². The first-order chi connectivity index (χ1) is 13.9. The van der Waals surface area contributed by atoms with Crippen molar-refractivity contribution in [3.05, 3.63) is 35.4 Å². The third-order valence-electron chi connectivity index (χ3n) is 5.42. The molecule has 29 heavy (non-hydrogen) atoms. The molecular formula is C22H28N2O5. The van der Waals surface area contributed by atoms with E-state index in [9.17, 15) is 19.2 Å². The van der Waals surface area contributed by atoms with Crippen molar-refractivity contribution in [2.24, 2.45) is 5.92 Å². The molecule has 0 spiro atoms. The van der Waals surface area contributed by atoms with E-state index in [1.165, 1.54) is 6.42 Å². The molecule has 1 aromatic rings. The maximum atomic E-state index is 12.8. The highest BCUT2D eigenvalue weighted by Gasteiger charge is 2.43. The molecule has 7 nitrogen and oxygen atoms in total. The van der Waals surface area contributed by atoms with Gasteiger partial charge in [0.15, 0.2) is 6.61 Å². The van der Waals surface area contributed by atoms with Gasteiger partial charge < -0.3 is 10.1 Å². The van der Waals surface area contributed by atoms with E-state index >= 15 is 0 Å². The summed E-state index contributed by atoms with van der Waals surface area (Å²) in [7, 11) is 0. The van der Waals surface area contributed by atoms with Crippen LogP contribution in [0.5, 0.6) is 0 Å². The van der Waals surface area contributed by atoms with Crippen LogP contribution in [0.3, 0.4) is 0 Å². The molecule has 1 fully saturated rings. The summed E-state index contributed by atoms with van der Waals surface area (Å²) in [6, 6.07) is 5.58. The fourth-order valence-corrected chi connectivity index (χ4v) is 3.99. The minimum absolute atomic E-state index is 0.0490. The monoisotopic (exact) mass is 400 g/mol. The van der Waals surface area contributed by atoms with Crippen molar-refractivity contribution < 1.29 is 23.9 Å². The van der Waals surface area contributed by atoms with Crippen molar-refractivity contribution in [1.82, 2.24) is 10.2 Å². The second kappa shape index (κ2) is 9.20. The van der Waals surface area contributed by atoms with Gasteiger partial charge in [0.05, 0.1) is 11.1 Å². The zero-order valence-electron chi connectivity index (χ0n) is 17.0. The molecule has 1 aromatic carbocycles. The summed E-state index contributed by atoms with van der Waals surface area (Å²) >= 11 is 0. The Balaban J connectivity index is 1.65. The topological polar surface area (TPSA) is 92.8 Å². The van der Waals surface area contributed by atoms with Crippen molar-refractivity contribution in [3.8, 4) is 0 Å². The standard InChI is InChI=1S/C22H28N2O5/c1-14(2)12-18(24-20(26)16-10-6-7-11-17(16)21(24)27)22(28)29-13-19(25)23-15-8-4-3-5-9-15/h6-7,10-11,14-15,18H,3-5,8-9,12-13H2,1-2H3,(H,23,25). The normalized spacial score (nSPS) is 18.0. The third-order valence-corrected chi connectivity index (χ3v) is 5.42. The Hall–Kier alpha value is -2.70. The van der Waals surface area contributed by atoms with Gasteiger partial charge in [0.1, 0.15) is 6.04 Å². The first kappa shape index (κ1) is 21.0. The summed E-state index contributed by atoms with van der Waals surface area (Å²) in [6.45, 7) is 3.38. The number of ether oxygens (including phenoxy) is 1. The van der Waals surface area contributed by atoms with Gasteiger partial charge in [-0.1, -0.05) is 45.2 Å². The van der Waals surface area contributed by atoms with Crippen molar-refractivity contribution in [3.63, 3.8) is 0 Å². The van der Waals surface area contributed by atoms with Gasteiger partial charge in [-0.2, -0.15) is 0 Å². The van der Waals surface area contributed by atoms with Gasteiger partial charge in [-0.25, -0.2) is 4.79 Å². The first-order valence-electron chi connectivity index (χ1n) is 10.3. The lowest BCUT2D eigenvalue weighted by Crippen LogP contribution is -2.47. The number of nitrogens with one attached hydrogen (secondary N) is 1. The fourth-order valence-electron chi connectivity index (χ4n) is 3.99. The Bertz CT molecular complexity index is 763. The van der Waals surface area contributed by atoms with E-state index in [0.717, 1.165) is 30.6 Å². The number of fused-ring (bicyclic) bond motifs is 1. The number of imide groups is 1. The van der Waals surface area contributed by atoms with Crippen LogP contribution in [0.4, 0.5) is 0 Å². The zero-order valence-corrected chi connectivity index (χ0v) is 17.0. The van der Waals surface area contributed by atoms with E-state index < -0.39 is 30.4 Å². The van der Waals surface area contributed by atoms with Crippen molar-refractivity contribution in [2.75, 3.05) is 6.61 Å². The van der Waals surface area contributed by atoms with E-state index in [4.69, 9.17) is 4.74 Å². The molecule has 0 bridgehead atoms. The predicted octanol–water partition coefficient (Wildman–Crippen LogP) is 2.69. The minimum Gasteiger partial charge on any atom is -0.454 e. The molecule has 7 heteroatoms. The summed E-state index contributed by atoms with van der Waals surface area (Å²) < 4.78 is 5.22. The van der Waals surface area contributed by atoms with E-state index in [1.54, 1.807) is 24.3 Å². The largest absolute Gasteiger partial charge is 0.454 e. The quantitative estimate of drug-likeness (QED) is 0.561. The maximum absolute atomic E-state index is 12.8. The van der Waals surface area contributed by atoms with Crippen LogP contribution in [0.15, 0.2) is 24.3 Å². The molecule has 1 saturated carbocycles. The Labute approximate surface area is 170 Å². The highest BCUT2D eigenvalue weighted by atomic mass is 16.5. The molecule has 1 atom stereocenters.